The Morgan fingerprint density at radius 1 is 1.16 bits per heavy atom. The van der Waals surface area contributed by atoms with Gasteiger partial charge in [0.1, 0.15) is 11.5 Å². The van der Waals surface area contributed by atoms with Crippen molar-refractivity contribution in [2.75, 3.05) is 47.5 Å². The van der Waals surface area contributed by atoms with Crippen LogP contribution in [0.3, 0.4) is 0 Å². The van der Waals surface area contributed by atoms with Gasteiger partial charge in [-0.05, 0) is 55.8 Å². The van der Waals surface area contributed by atoms with Gasteiger partial charge in [-0.15, -0.1) is 0 Å². The summed E-state index contributed by atoms with van der Waals surface area (Å²) in [6.45, 7) is 7.52. The number of benzene rings is 1. The van der Waals surface area contributed by atoms with Crippen LogP contribution in [-0.4, -0.2) is 66.9 Å². The lowest BCUT2D eigenvalue weighted by atomic mass is 10.2. The number of piperazine rings is 1. The third-order valence-electron chi connectivity index (χ3n) is 6.58. The second-order valence-corrected chi connectivity index (χ2v) is 11.6. The van der Waals surface area contributed by atoms with E-state index in [1.165, 1.54) is 23.3 Å². The zero-order valence-electron chi connectivity index (χ0n) is 21.5. The Morgan fingerprint density at radius 2 is 1.95 bits per heavy atom. The zero-order chi connectivity index (χ0) is 26.2. The molecule has 0 spiro atoms. The predicted octanol–water partition coefficient (Wildman–Crippen LogP) is 3.12. The number of hydrogen-bond donors (Lipinski definition) is 2. The van der Waals surface area contributed by atoms with Crippen molar-refractivity contribution in [3.63, 3.8) is 0 Å². The minimum Gasteiger partial charge on any atom is -0.369 e. The summed E-state index contributed by atoms with van der Waals surface area (Å²) in [5.41, 5.74) is 4.60. The van der Waals surface area contributed by atoms with E-state index in [9.17, 15) is 8.42 Å². The third-order valence-corrected chi connectivity index (χ3v) is 7.74. The summed E-state index contributed by atoms with van der Waals surface area (Å²) in [5, 5.41) is 7.67. The van der Waals surface area contributed by atoms with Crippen LogP contribution in [0, 0.1) is 6.92 Å². The fourth-order valence-electron chi connectivity index (χ4n) is 4.57. The van der Waals surface area contributed by atoms with E-state index in [0.29, 0.717) is 24.4 Å². The fraction of sp³-hybridized carbons (Fsp3) is 0.346. The maximum absolute atomic E-state index is 12.2. The van der Waals surface area contributed by atoms with Gasteiger partial charge in [-0.1, -0.05) is 0 Å². The number of nitrogens with one attached hydrogen (secondary N) is 2. The summed E-state index contributed by atoms with van der Waals surface area (Å²) in [5.74, 6) is 0.896. The van der Waals surface area contributed by atoms with Gasteiger partial charge in [-0.3, -0.25) is 4.31 Å². The van der Waals surface area contributed by atoms with Gasteiger partial charge in [0.15, 0.2) is 0 Å². The minimum atomic E-state index is -3.45. The zero-order valence-corrected chi connectivity index (χ0v) is 22.3. The van der Waals surface area contributed by atoms with Crippen molar-refractivity contribution in [2.45, 2.75) is 26.4 Å². The highest BCUT2D eigenvalue weighted by atomic mass is 32.2. The van der Waals surface area contributed by atoms with Crippen molar-refractivity contribution in [1.82, 2.24) is 24.8 Å². The number of pyridine rings is 1. The van der Waals surface area contributed by atoms with Gasteiger partial charge in [-0.2, -0.15) is 4.98 Å². The Morgan fingerprint density at radius 3 is 2.68 bits per heavy atom. The monoisotopic (exact) mass is 520 g/mol. The number of fused-ring (bicyclic) bond motifs is 1. The quantitative estimate of drug-likeness (QED) is 0.383. The molecule has 3 aromatic heterocycles. The summed E-state index contributed by atoms with van der Waals surface area (Å²) in [6.07, 6.45) is 6.56. The molecule has 1 unspecified atom stereocenters. The molecule has 0 radical (unpaired) electrons. The summed E-state index contributed by atoms with van der Waals surface area (Å²) < 4.78 is 27.5. The highest BCUT2D eigenvalue weighted by Gasteiger charge is 2.19. The van der Waals surface area contributed by atoms with Crippen molar-refractivity contribution in [3.05, 3.63) is 66.1 Å². The molecule has 0 bridgehead atoms. The van der Waals surface area contributed by atoms with Gasteiger partial charge < -0.3 is 20.1 Å². The van der Waals surface area contributed by atoms with Gasteiger partial charge in [0, 0.05) is 73.6 Å². The molecule has 1 atom stereocenters. The molecule has 0 saturated carbocycles. The Hall–Kier alpha value is -3.70. The SMILES string of the molecule is Cc1cnc(N(C)S(C)(=O)=O)c(Cn2ccc3cnc(Nc4ccc(N5CCNC(C)C5)cc4)nc32)c1. The first-order valence-electron chi connectivity index (χ1n) is 12.2. The van der Waals surface area contributed by atoms with Crippen molar-refractivity contribution in [3.8, 4) is 0 Å². The van der Waals surface area contributed by atoms with E-state index in [4.69, 9.17) is 4.98 Å². The lowest BCUT2D eigenvalue weighted by molar-refractivity contribution is 0.485. The van der Waals surface area contributed by atoms with Crippen LogP contribution in [-0.2, 0) is 16.6 Å². The first-order chi connectivity index (χ1) is 17.7. The maximum Gasteiger partial charge on any atom is 0.233 e. The van der Waals surface area contributed by atoms with Gasteiger partial charge in [-0.25, -0.2) is 18.4 Å². The van der Waals surface area contributed by atoms with E-state index >= 15 is 0 Å². The normalized spacial score (nSPS) is 16.2. The lowest BCUT2D eigenvalue weighted by Crippen LogP contribution is -2.49. The van der Waals surface area contributed by atoms with Gasteiger partial charge in [0.25, 0.3) is 0 Å². The second kappa shape index (κ2) is 9.98. The van der Waals surface area contributed by atoms with Crippen LogP contribution in [0.15, 0.2) is 55.0 Å². The Labute approximate surface area is 217 Å². The molecule has 4 heterocycles. The molecule has 37 heavy (non-hydrogen) atoms. The number of aryl methyl sites for hydroxylation is 1. The van der Waals surface area contributed by atoms with Crippen LogP contribution in [0.4, 0.5) is 23.1 Å². The molecule has 0 amide bonds. The summed E-state index contributed by atoms with van der Waals surface area (Å²) >= 11 is 0. The van der Waals surface area contributed by atoms with Crippen LogP contribution in [0.25, 0.3) is 11.0 Å². The van der Waals surface area contributed by atoms with E-state index in [0.717, 1.165) is 47.5 Å². The minimum absolute atomic E-state index is 0.404. The number of hydrogen-bond acceptors (Lipinski definition) is 8. The Kier molecular flexibility index (Phi) is 6.74. The molecule has 11 heteroatoms. The van der Waals surface area contributed by atoms with Crippen molar-refractivity contribution in [1.29, 1.82) is 0 Å². The number of rotatable bonds is 7. The van der Waals surface area contributed by atoms with Gasteiger partial charge >= 0.3 is 0 Å². The average molecular weight is 521 g/mol. The molecule has 1 aliphatic heterocycles. The molecule has 1 fully saturated rings. The first kappa shape index (κ1) is 25.0. The number of anilines is 4. The highest BCUT2D eigenvalue weighted by Crippen LogP contribution is 2.25. The number of aromatic nitrogens is 4. The molecule has 194 valence electrons. The van der Waals surface area contributed by atoms with E-state index in [-0.39, 0.29) is 0 Å². The molecular weight excluding hydrogens is 488 g/mol. The van der Waals surface area contributed by atoms with Crippen molar-refractivity contribution < 1.29 is 8.42 Å². The third kappa shape index (κ3) is 5.52. The molecule has 2 N–H and O–H groups in total. The maximum atomic E-state index is 12.2. The summed E-state index contributed by atoms with van der Waals surface area (Å²) in [7, 11) is -1.93. The molecule has 1 aliphatic rings. The molecule has 5 rings (SSSR count). The molecule has 4 aromatic rings. The van der Waals surface area contributed by atoms with E-state index < -0.39 is 10.0 Å². The van der Waals surface area contributed by atoms with Crippen molar-refractivity contribution >= 4 is 44.2 Å². The molecular formula is C26H32N8O2S. The number of nitrogens with zero attached hydrogens (tertiary/aromatic N) is 6. The molecule has 1 saturated heterocycles. The van der Waals surface area contributed by atoms with Crippen LogP contribution < -0.4 is 19.8 Å². The van der Waals surface area contributed by atoms with Gasteiger partial charge in [0.05, 0.1) is 12.8 Å². The molecule has 10 nitrogen and oxygen atoms in total. The fourth-order valence-corrected chi connectivity index (χ4v) is 5.05. The van der Waals surface area contributed by atoms with E-state index in [2.05, 4.69) is 44.6 Å². The largest absolute Gasteiger partial charge is 0.369 e. The molecule has 1 aromatic carbocycles. The van der Waals surface area contributed by atoms with Crippen LogP contribution >= 0.6 is 0 Å². The topological polar surface area (TPSA) is 108 Å². The molecule has 0 aliphatic carbocycles. The highest BCUT2D eigenvalue weighted by molar-refractivity contribution is 7.92. The van der Waals surface area contributed by atoms with Gasteiger partial charge in [0.2, 0.25) is 16.0 Å². The Balaban J connectivity index is 1.38. The second-order valence-electron chi connectivity index (χ2n) is 9.62. The van der Waals surface area contributed by atoms with E-state index in [1.54, 1.807) is 12.4 Å². The number of sulfonamides is 1. The average Bonchev–Trinajstić information content (AvgIpc) is 3.25. The van der Waals surface area contributed by atoms with Crippen LogP contribution in [0.1, 0.15) is 18.1 Å². The van der Waals surface area contributed by atoms with Crippen LogP contribution in [0.5, 0.6) is 0 Å². The summed E-state index contributed by atoms with van der Waals surface area (Å²) in [6, 6.07) is 12.7. The van der Waals surface area contributed by atoms with E-state index in [1.807, 2.05) is 42.0 Å². The Bertz CT molecular complexity index is 1520. The summed E-state index contributed by atoms with van der Waals surface area (Å²) in [4.78, 5) is 16.0. The predicted molar refractivity (Wildman–Crippen MR) is 148 cm³/mol. The smallest absolute Gasteiger partial charge is 0.233 e. The first-order valence-corrected chi connectivity index (χ1v) is 14.1. The van der Waals surface area contributed by atoms with Crippen LogP contribution in [0.2, 0.25) is 0 Å². The van der Waals surface area contributed by atoms with Crippen molar-refractivity contribution in [2.24, 2.45) is 0 Å². The lowest BCUT2D eigenvalue weighted by Gasteiger charge is -2.33. The standard InChI is InChI=1S/C26H32N8O2S/c1-18-13-21(24(28-14-18)32(3)37(4,35)36)17-34-11-9-20-15-29-26(31-25(20)34)30-22-5-7-23(8-6-22)33-12-10-27-19(2)16-33/h5-9,11,13-15,19,27H,10,12,16-17H2,1-4H3,(H,29,30,31).